The second-order valence-electron chi connectivity index (χ2n) is 9.17. The largest absolute Gasteiger partial charge is 0.497 e. The summed E-state index contributed by atoms with van der Waals surface area (Å²) in [5.74, 6) is 1.63. The van der Waals surface area contributed by atoms with Gasteiger partial charge < -0.3 is 9.47 Å². The van der Waals surface area contributed by atoms with Gasteiger partial charge in [0.15, 0.2) is 0 Å². The predicted octanol–water partition coefficient (Wildman–Crippen LogP) is 4.39. The van der Waals surface area contributed by atoms with E-state index in [1.54, 1.807) is 7.11 Å². The van der Waals surface area contributed by atoms with Crippen LogP contribution in [-0.4, -0.2) is 49.7 Å². The van der Waals surface area contributed by atoms with Crippen molar-refractivity contribution in [3.8, 4) is 5.75 Å². The summed E-state index contributed by atoms with van der Waals surface area (Å²) in [4.78, 5) is 4.85. The second-order valence-corrected chi connectivity index (χ2v) is 14.7. The van der Waals surface area contributed by atoms with Crippen LogP contribution in [0.2, 0.25) is 0 Å². The van der Waals surface area contributed by atoms with Crippen LogP contribution in [0.25, 0.3) is 0 Å². The van der Waals surface area contributed by atoms with Crippen molar-refractivity contribution in [1.29, 1.82) is 0 Å². The van der Waals surface area contributed by atoms with Crippen LogP contribution in [0, 0.1) is 0 Å². The third-order valence-electron chi connectivity index (χ3n) is 5.92. The summed E-state index contributed by atoms with van der Waals surface area (Å²) in [6.45, 7) is 15.1. The molecule has 0 aliphatic carbocycles. The third-order valence-corrected chi connectivity index (χ3v) is 13.0. The molecule has 0 saturated carbocycles. The van der Waals surface area contributed by atoms with Crippen LogP contribution in [0.4, 0.5) is 0 Å². The van der Waals surface area contributed by atoms with Crippen LogP contribution >= 0.6 is 7.14 Å². The van der Waals surface area contributed by atoms with Crippen LogP contribution in [0.15, 0.2) is 29.3 Å². The van der Waals surface area contributed by atoms with E-state index in [0.29, 0.717) is 16.9 Å². The molecule has 3 nitrogen and oxygen atoms in total. The first kappa shape index (κ1) is 20.3. The number of ether oxygens (including phenoxy) is 2. The number of aliphatic imine (C=N–C) groups is 1. The zero-order valence-corrected chi connectivity index (χ0v) is 18.1. The smallest absolute Gasteiger partial charge is 0.307 e. The van der Waals surface area contributed by atoms with Gasteiger partial charge in [-0.1, -0.05) is 0 Å². The van der Waals surface area contributed by atoms with Crippen molar-refractivity contribution in [1.82, 2.24) is 0 Å². The first-order valence-electron chi connectivity index (χ1n) is 9.19. The lowest BCUT2D eigenvalue weighted by atomic mass is 10.2. The predicted molar refractivity (Wildman–Crippen MR) is 114 cm³/mol. The van der Waals surface area contributed by atoms with E-state index in [2.05, 4.69) is 49.1 Å². The van der Waals surface area contributed by atoms with Crippen molar-refractivity contribution < 1.29 is 9.47 Å². The van der Waals surface area contributed by atoms with Gasteiger partial charge in [-0.15, -0.1) is 0 Å². The number of benzene rings is 1. The van der Waals surface area contributed by atoms with Crippen molar-refractivity contribution >= 4 is 20.6 Å². The second kappa shape index (κ2) is 7.31. The summed E-state index contributed by atoms with van der Waals surface area (Å²) < 4.78 is 11.1. The maximum Gasteiger partial charge on any atom is 0.307 e. The van der Waals surface area contributed by atoms with Gasteiger partial charge in [-0.25, -0.2) is 4.99 Å². The maximum absolute atomic E-state index is 5.88. The van der Waals surface area contributed by atoms with Crippen LogP contribution in [-0.2, 0) is 4.74 Å². The standard InChI is InChI=1S/C20H34BNO2P/c1-19(2,3)25(21,20(4,5)6)13-12-16-14-24-18(22-16)15-8-10-17(23-7)11-9-15/h8-11,16H,12-14,21H2,1-7H3/q+1/t16-/m0/s1. The zero-order chi connectivity index (χ0) is 18.9. The Kier molecular flexibility index (Phi) is 5.94. The van der Waals surface area contributed by atoms with E-state index in [0.717, 1.165) is 23.6 Å². The molecule has 0 aromatic heterocycles. The van der Waals surface area contributed by atoms with E-state index in [1.807, 2.05) is 24.3 Å². The highest BCUT2D eigenvalue weighted by atomic mass is 31.2. The molecule has 25 heavy (non-hydrogen) atoms. The Bertz CT molecular complexity index is 600. The summed E-state index contributed by atoms with van der Waals surface area (Å²) in [6, 6.07) is 8.22. The summed E-state index contributed by atoms with van der Waals surface area (Å²) in [5.41, 5.74) is 1.03. The minimum atomic E-state index is -1.13. The molecule has 1 heterocycles. The van der Waals surface area contributed by atoms with E-state index in [4.69, 9.17) is 14.5 Å². The van der Waals surface area contributed by atoms with Gasteiger partial charge in [0.25, 0.3) is 0 Å². The van der Waals surface area contributed by atoms with Gasteiger partial charge in [-0.2, -0.15) is 0 Å². The SMILES string of the molecule is B[P+](CC[C@H]1COC(c2ccc(OC)cc2)=N1)(C(C)(C)C)C(C)(C)C. The quantitative estimate of drug-likeness (QED) is 0.574. The summed E-state index contributed by atoms with van der Waals surface area (Å²) in [7, 11) is 3.09. The normalized spacial score (nSPS) is 18.7. The monoisotopic (exact) mass is 362 g/mol. The van der Waals surface area contributed by atoms with Crippen molar-refractivity contribution in [2.24, 2.45) is 4.99 Å². The number of methoxy groups -OCH3 is 1. The Labute approximate surface area is 155 Å². The maximum atomic E-state index is 5.88. The highest BCUT2D eigenvalue weighted by molar-refractivity contribution is 7.99. The summed E-state index contributed by atoms with van der Waals surface area (Å²) >= 11 is 0. The Morgan fingerprint density at radius 2 is 1.68 bits per heavy atom. The van der Waals surface area contributed by atoms with Crippen LogP contribution < -0.4 is 4.74 Å². The molecule has 138 valence electrons. The van der Waals surface area contributed by atoms with Crippen LogP contribution in [0.3, 0.4) is 0 Å². The molecule has 0 saturated heterocycles. The molecule has 0 amide bonds. The molecule has 0 unspecified atom stereocenters. The van der Waals surface area contributed by atoms with E-state index >= 15 is 0 Å². The topological polar surface area (TPSA) is 30.8 Å². The van der Waals surface area contributed by atoms with E-state index in [1.165, 1.54) is 6.16 Å². The van der Waals surface area contributed by atoms with E-state index in [-0.39, 0.29) is 6.04 Å². The molecule has 1 aliphatic heterocycles. The van der Waals surface area contributed by atoms with E-state index < -0.39 is 7.14 Å². The lowest BCUT2D eigenvalue weighted by Crippen LogP contribution is -2.36. The highest BCUT2D eigenvalue weighted by Gasteiger charge is 2.52. The fraction of sp³-hybridized carbons (Fsp3) is 0.650. The molecule has 1 aromatic carbocycles. The van der Waals surface area contributed by atoms with Gasteiger partial charge >= 0.3 is 7.57 Å². The lowest BCUT2D eigenvalue weighted by molar-refractivity contribution is 0.315. The fourth-order valence-electron chi connectivity index (χ4n) is 3.54. The molecule has 0 radical (unpaired) electrons. The van der Waals surface area contributed by atoms with E-state index in [9.17, 15) is 0 Å². The number of hydrogen-bond acceptors (Lipinski definition) is 3. The molecular weight excluding hydrogens is 328 g/mol. The van der Waals surface area contributed by atoms with Gasteiger partial charge in [0.1, 0.15) is 12.4 Å². The summed E-state index contributed by atoms with van der Waals surface area (Å²) in [5, 5.41) is 0.709. The average Bonchev–Trinajstić information content (AvgIpc) is 2.99. The van der Waals surface area contributed by atoms with Gasteiger partial charge in [0, 0.05) is 18.1 Å². The van der Waals surface area contributed by atoms with Gasteiger partial charge in [-0.3, -0.25) is 0 Å². The molecule has 0 N–H and O–H groups in total. The number of rotatable bonds is 5. The van der Waals surface area contributed by atoms with Crippen molar-refractivity contribution in [3.63, 3.8) is 0 Å². The minimum Gasteiger partial charge on any atom is -0.497 e. The Morgan fingerprint density at radius 1 is 1.12 bits per heavy atom. The van der Waals surface area contributed by atoms with Gasteiger partial charge in [0.05, 0.1) is 23.5 Å². The third kappa shape index (κ3) is 4.40. The zero-order valence-electron chi connectivity index (χ0n) is 17.2. The molecule has 1 atom stereocenters. The van der Waals surface area contributed by atoms with Gasteiger partial charge in [0.2, 0.25) is 5.90 Å². The number of hydrogen-bond donors (Lipinski definition) is 0. The first-order valence-corrected chi connectivity index (χ1v) is 11.6. The first-order chi connectivity index (χ1) is 11.5. The number of nitrogens with zero attached hydrogens (tertiary/aromatic N) is 1. The van der Waals surface area contributed by atoms with Crippen molar-refractivity contribution in [3.05, 3.63) is 29.8 Å². The lowest BCUT2D eigenvalue weighted by Gasteiger charge is -2.46. The Morgan fingerprint density at radius 3 is 2.16 bits per heavy atom. The molecule has 2 rings (SSSR count). The minimum absolute atomic E-state index is 0.279. The van der Waals surface area contributed by atoms with Gasteiger partial charge in [-0.05, 0) is 72.9 Å². The fourth-order valence-corrected chi connectivity index (χ4v) is 7.71. The average molecular weight is 362 g/mol. The highest BCUT2D eigenvalue weighted by Crippen LogP contribution is 2.73. The molecule has 1 aromatic rings. The van der Waals surface area contributed by atoms with Crippen LogP contribution in [0.5, 0.6) is 5.75 Å². The Balaban J connectivity index is 2.07. The van der Waals surface area contributed by atoms with Crippen molar-refractivity contribution in [2.45, 2.75) is 64.3 Å². The molecule has 1 aliphatic rings. The molecular formula is C20H34BNO2P+. The molecule has 5 heteroatoms. The van der Waals surface area contributed by atoms with Crippen molar-refractivity contribution in [2.75, 3.05) is 19.9 Å². The molecule has 0 fully saturated rings. The Hall–Kier alpha value is -1.02. The van der Waals surface area contributed by atoms with Crippen LogP contribution in [0.1, 0.15) is 53.5 Å². The molecule has 0 spiro atoms. The summed E-state index contributed by atoms with van der Waals surface area (Å²) in [6.07, 6.45) is 2.37. The molecule has 0 bridgehead atoms.